The van der Waals surface area contributed by atoms with Crippen molar-refractivity contribution < 1.29 is 22.6 Å². The van der Waals surface area contributed by atoms with Gasteiger partial charge in [0.15, 0.2) is 5.75 Å². The molecular formula is C24H17Cl5F3NO2. The van der Waals surface area contributed by atoms with Crippen LogP contribution in [0.3, 0.4) is 0 Å². The van der Waals surface area contributed by atoms with E-state index in [0.29, 0.717) is 18.0 Å². The molecule has 1 heterocycles. The van der Waals surface area contributed by atoms with Gasteiger partial charge >= 0.3 is 6.18 Å². The standard InChI is InChI=1S/C24H17Cl5F3NO2/c1-23(2,15-5-3-4-6-19(15)34-8-7-20(28)29)13-9-16(25)21(17(26)10-13)35-22-18(27)11-14(12-33-22)24(30,31)32/h3-7,9-12H,8H2,1-2H3. The molecule has 0 radical (unpaired) electrons. The number of pyridine rings is 1. The van der Waals surface area contributed by atoms with Crippen LogP contribution in [0.4, 0.5) is 13.2 Å². The predicted octanol–water partition coefficient (Wildman–Crippen LogP) is 9.88. The van der Waals surface area contributed by atoms with Crippen LogP contribution in [-0.2, 0) is 11.6 Å². The largest absolute Gasteiger partial charge is 0.489 e. The van der Waals surface area contributed by atoms with E-state index in [9.17, 15) is 13.2 Å². The summed E-state index contributed by atoms with van der Waals surface area (Å²) in [6.45, 7) is 4.08. The van der Waals surface area contributed by atoms with Crippen molar-refractivity contribution in [2.75, 3.05) is 6.61 Å². The van der Waals surface area contributed by atoms with Gasteiger partial charge in [-0.05, 0) is 35.9 Å². The Kier molecular flexibility index (Phi) is 8.77. The van der Waals surface area contributed by atoms with Crippen molar-refractivity contribution in [3.05, 3.63) is 91.0 Å². The SMILES string of the molecule is CC(C)(c1cc(Cl)c(Oc2ncc(C(F)(F)F)cc2Cl)c(Cl)c1)c1ccccc1OCC=C(Cl)Cl. The van der Waals surface area contributed by atoms with Crippen molar-refractivity contribution in [2.24, 2.45) is 0 Å². The van der Waals surface area contributed by atoms with E-state index in [1.165, 1.54) is 6.08 Å². The van der Waals surface area contributed by atoms with E-state index in [1.54, 1.807) is 12.1 Å². The number of hydrogen-bond donors (Lipinski definition) is 0. The Morgan fingerprint density at radius 1 is 0.943 bits per heavy atom. The smallest absolute Gasteiger partial charge is 0.417 e. The summed E-state index contributed by atoms with van der Waals surface area (Å²) in [6.07, 6.45) is -2.46. The molecule has 0 N–H and O–H groups in total. The molecule has 0 aliphatic heterocycles. The number of ether oxygens (including phenoxy) is 2. The number of aromatic nitrogens is 1. The third-order valence-electron chi connectivity index (χ3n) is 5.09. The number of benzene rings is 2. The molecular weight excluding hydrogens is 569 g/mol. The van der Waals surface area contributed by atoms with Crippen LogP contribution in [-0.4, -0.2) is 11.6 Å². The Morgan fingerprint density at radius 3 is 2.11 bits per heavy atom. The Hall–Kier alpha value is -1.83. The first-order chi connectivity index (χ1) is 16.3. The van der Waals surface area contributed by atoms with Gasteiger partial charge in [-0.1, -0.05) is 90.1 Å². The summed E-state index contributed by atoms with van der Waals surface area (Å²) in [4.78, 5) is 3.66. The lowest BCUT2D eigenvalue weighted by molar-refractivity contribution is -0.137. The van der Waals surface area contributed by atoms with Gasteiger partial charge in [0.05, 0.1) is 15.6 Å². The van der Waals surface area contributed by atoms with Gasteiger partial charge in [-0.25, -0.2) is 4.98 Å². The fourth-order valence-corrected chi connectivity index (χ4v) is 4.12. The quantitative estimate of drug-likeness (QED) is 0.277. The minimum absolute atomic E-state index is 0.00784. The zero-order valence-electron chi connectivity index (χ0n) is 18.2. The van der Waals surface area contributed by atoms with Crippen LogP contribution in [0.25, 0.3) is 0 Å². The second-order valence-electron chi connectivity index (χ2n) is 7.81. The number of halogens is 8. The molecule has 2 aromatic carbocycles. The summed E-state index contributed by atoms with van der Waals surface area (Å²) in [7, 11) is 0. The Bertz CT molecular complexity index is 1240. The minimum atomic E-state index is -4.59. The van der Waals surface area contributed by atoms with Gasteiger partial charge < -0.3 is 9.47 Å². The normalized spacial score (nSPS) is 11.8. The summed E-state index contributed by atoms with van der Waals surface area (Å²) in [5.74, 6) is 0.352. The second kappa shape index (κ2) is 11.1. The molecule has 0 bridgehead atoms. The van der Waals surface area contributed by atoms with Crippen LogP contribution in [0.1, 0.15) is 30.5 Å². The van der Waals surface area contributed by atoms with Gasteiger partial charge in [-0.2, -0.15) is 13.2 Å². The summed E-state index contributed by atoms with van der Waals surface area (Å²) in [6, 6.07) is 11.4. The van der Waals surface area contributed by atoms with Gasteiger partial charge in [0.1, 0.15) is 21.9 Å². The monoisotopic (exact) mass is 583 g/mol. The van der Waals surface area contributed by atoms with E-state index in [2.05, 4.69) is 4.98 Å². The molecule has 3 nitrogen and oxygen atoms in total. The third-order valence-corrected chi connectivity index (χ3v) is 6.23. The van der Waals surface area contributed by atoms with Gasteiger partial charge in [0.2, 0.25) is 5.88 Å². The molecule has 0 saturated carbocycles. The van der Waals surface area contributed by atoms with Crippen molar-refractivity contribution in [1.82, 2.24) is 4.98 Å². The van der Waals surface area contributed by atoms with E-state index in [1.807, 2.05) is 38.1 Å². The average Bonchev–Trinajstić information content (AvgIpc) is 2.76. The van der Waals surface area contributed by atoms with Gasteiger partial charge in [-0.3, -0.25) is 0 Å². The lowest BCUT2D eigenvalue weighted by Gasteiger charge is -2.29. The van der Waals surface area contributed by atoms with E-state index >= 15 is 0 Å². The number of nitrogens with zero attached hydrogens (tertiary/aromatic N) is 1. The summed E-state index contributed by atoms with van der Waals surface area (Å²) >= 11 is 30.2. The fourth-order valence-electron chi connectivity index (χ4n) is 3.23. The first kappa shape index (κ1) is 27.8. The van der Waals surface area contributed by atoms with Gasteiger partial charge in [-0.15, -0.1) is 0 Å². The molecule has 3 rings (SSSR count). The van der Waals surface area contributed by atoms with Crippen LogP contribution in [0.15, 0.2) is 59.2 Å². The molecule has 0 aliphatic rings. The zero-order chi connectivity index (χ0) is 26.0. The molecule has 35 heavy (non-hydrogen) atoms. The molecule has 1 aromatic heterocycles. The van der Waals surface area contributed by atoms with Gasteiger partial charge in [0.25, 0.3) is 0 Å². The second-order valence-corrected chi connectivity index (χ2v) is 10.0. The van der Waals surface area contributed by atoms with E-state index in [-0.39, 0.29) is 37.8 Å². The van der Waals surface area contributed by atoms with Crippen LogP contribution in [0, 0.1) is 0 Å². The molecule has 186 valence electrons. The molecule has 0 spiro atoms. The highest BCUT2D eigenvalue weighted by atomic mass is 35.5. The van der Waals surface area contributed by atoms with Gasteiger partial charge in [0, 0.05) is 17.2 Å². The molecule has 0 aliphatic carbocycles. The molecule has 11 heteroatoms. The highest BCUT2D eigenvalue weighted by Crippen LogP contribution is 2.45. The number of para-hydroxylation sites is 1. The summed E-state index contributed by atoms with van der Waals surface area (Å²) in [5.41, 5.74) is -0.0596. The number of hydrogen-bond acceptors (Lipinski definition) is 3. The molecule has 0 atom stereocenters. The molecule has 0 amide bonds. The van der Waals surface area contributed by atoms with Crippen molar-refractivity contribution in [3.63, 3.8) is 0 Å². The van der Waals surface area contributed by atoms with Crippen LogP contribution < -0.4 is 9.47 Å². The first-order valence-electron chi connectivity index (χ1n) is 9.94. The number of alkyl halides is 3. The highest BCUT2D eigenvalue weighted by molar-refractivity contribution is 6.55. The lowest BCUT2D eigenvalue weighted by atomic mass is 9.77. The van der Waals surface area contributed by atoms with E-state index in [4.69, 9.17) is 67.5 Å². The van der Waals surface area contributed by atoms with E-state index in [0.717, 1.165) is 11.1 Å². The molecule has 0 unspecified atom stereocenters. The van der Waals surface area contributed by atoms with Crippen molar-refractivity contribution in [1.29, 1.82) is 0 Å². The van der Waals surface area contributed by atoms with E-state index < -0.39 is 17.2 Å². The topological polar surface area (TPSA) is 31.4 Å². The highest BCUT2D eigenvalue weighted by Gasteiger charge is 2.32. The fraction of sp³-hybridized carbons (Fsp3) is 0.208. The van der Waals surface area contributed by atoms with Crippen LogP contribution in [0.2, 0.25) is 15.1 Å². The van der Waals surface area contributed by atoms with Crippen molar-refractivity contribution in [3.8, 4) is 17.4 Å². The van der Waals surface area contributed by atoms with Crippen LogP contribution in [0.5, 0.6) is 17.4 Å². The summed E-state index contributed by atoms with van der Waals surface area (Å²) < 4.78 is 50.1. The third kappa shape index (κ3) is 6.69. The summed E-state index contributed by atoms with van der Waals surface area (Å²) in [5, 5.41) is -0.101. The molecule has 0 fully saturated rings. The molecule has 0 saturated heterocycles. The first-order valence-corrected chi connectivity index (χ1v) is 11.8. The molecule has 3 aromatic rings. The van der Waals surface area contributed by atoms with Crippen LogP contribution >= 0.6 is 58.0 Å². The minimum Gasteiger partial charge on any atom is -0.489 e. The number of rotatable bonds is 7. The van der Waals surface area contributed by atoms with Crippen molar-refractivity contribution in [2.45, 2.75) is 25.4 Å². The maximum absolute atomic E-state index is 12.9. The predicted molar refractivity (Wildman–Crippen MR) is 135 cm³/mol. The Balaban J connectivity index is 1.94. The maximum Gasteiger partial charge on any atom is 0.417 e. The zero-order valence-corrected chi connectivity index (χ0v) is 22.0. The average molecular weight is 586 g/mol. The Morgan fingerprint density at radius 2 is 1.54 bits per heavy atom. The maximum atomic E-state index is 12.9. The Labute approximate surface area is 225 Å². The lowest BCUT2D eigenvalue weighted by Crippen LogP contribution is -2.20. The van der Waals surface area contributed by atoms with Crippen molar-refractivity contribution >= 4 is 58.0 Å².